The van der Waals surface area contributed by atoms with E-state index in [0.29, 0.717) is 28.8 Å². The Balaban J connectivity index is 1.91. The number of hydrogen-bond acceptors (Lipinski definition) is 3. The lowest BCUT2D eigenvalue weighted by molar-refractivity contribution is 0.0910. The van der Waals surface area contributed by atoms with Gasteiger partial charge in [-0.3, -0.25) is 19.0 Å². The Hall–Kier alpha value is -3.32. The standard InChI is InChI=1S/C24H19ClF2N2O3/c1-24(2)10-16-17(20(30)11-24)12-29(15-6-3-13(25)4-7-15)23(32)21(16)22(31)28-19-8-5-14(26)9-18(19)27/h3-9,12H,10-11H2,1-2H3,(H,28,31). The van der Waals surface area contributed by atoms with Crippen LogP contribution in [0.15, 0.2) is 53.5 Å². The molecule has 2 aromatic carbocycles. The molecule has 1 N–H and O–H groups in total. The molecule has 0 radical (unpaired) electrons. The second-order valence-electron chi connectivity index (χ2n) is 8.57. The number of pyridine rings is 1. The van der Waals surface area contributed by atoms with Gasteiger partial charge in [0.1, 0.15) is 17.2 Å². The van der Waals surface area contributed by atoms with Crippen LogP contribution in [0.3, 0.4) is 0 Å². The van der Waals surface area contributed by atoms with E-state index in [0.717, 1.165) is 12.1 Å². The average molecular weight is 457 g/mol. The molecule has 1 aliphatic rings. The highest BCUT2D eigenvalue weighted by Crippen LogP contribution is 2.36. The first kappa shape index (κ1) is 21.9. The van der Waals surface area contributed by atoms with Crippen molar-refractivity contribution in [1.29, 1.82) is 0 Å². The van der Waals surface area contributed by atoms with Crippen molar-refractivity contribution in [1.82, 2.24) is 4.57 Å². The molecule has 1 heterocycles. The summed E-state index contributed by atoms with van der Waals surface area (Å²) in [5.74, 6) is -2.83. The third-order valence-electron chi connectivity index (χ3n) is 5.42. The Labute approximate surface area is 187 Å². The highest BCUT2D eigenvalue weighted by Gasteiger charge is 2.36. The molecule has 1 aliphatic carbocycles. The third-order valence-corrected chi connectivity index (χ3v) is 5.68. The van der Waals surface area contributed by atoms with Crippen LogP contribution >= 0.6 is 11.6 Å². The van der Waals surface area contributed by atoms with Crippen molar-refractivity contribution in [3.05, 3.63) is 92.4 Å². The molecular weight excluding hydrogens is 438 g/mol. The van der Waals surface area contributed by atoms with Gasteiger partial charge in [0, 0.05) is 35.0 Å². The normalized spacial score (nSPS) is 14.7. The topological polar surface area (TPSA) is 68.2 Å². The lowest BCUT2D eigenvalue weighted by Crippen LogP contribution is -2.37. The minimum absolute atomic E-state index is 0.194. The number of carbonyl (C=O) groups is 2. The zero-order chi connectivity index (χ0) is 23.2. The van der Waals surface area contributed by atoms with Crippen LogP contribution in [0.2, 0.25) is 5.02 Å². The molecule has 0 unspecified atom stereocenters. The highest BCUT2D eigenvalue weighted by atomic mass is 35.5. The van der Waals surface area contributed by atoms with Crippen molar-refractivity contribution in [3.8, 4) is 5.69 Å². The monoisotopic (exact) mass is 456 g/mol. The Morgan fingerprint density at radius 3 is 2.41 bits per heavy atom. The molecule has 5 nitrogen and oxygen atoms in total. The molecule has 1 aromatic heterocycles. The van der Waals surface area contributed by atoms with Gasteiger partial charge < -0.3 is 5.32 Å². The minimum Gasteiger partial charge on any atom is -0.319 e. The van der Waals surface area contributed by atoms with Crippen LogP contribution in [0.25, 0.3) is 5.69 Å². The molecule has 4 rings (SSSR count). The van der Waals surface area contributed by atoms with Crippen molar-refractivity contribution in [2.45, 2.75) is 26.7 Å². The number of rotatable bonds is 3. The van der Waals surface area contributed by atoms with Crippen LogP contribution < -0.4 is 10.9 Å². The highest BCUT2D eigenvalue weighted by molar-refractivity contribution is 6.30. The first-order valence-electron chi connectivity index (χ1n) is 9.90. The molecule has 0 saturated heterocycles. The smallest absolute Gasteiger partial charge is 0.268 e. The van der Waals surface area contributed by atoms with Crippen LogP contribution in [0.4, 0.5) is 14.5 Å². The van der Waals surface area contributed by atoms with Gasteiger partial charge in [-0.2, -0.15) is 0 Å². The Bertz CT molecular complexity index is 1310. The molecule has 3 aromatic rings. The van der Waals surface area contributed by atoms with Gasteiger partial charge in [-0.25, -0.2) is 8.78 Å². The molecule has 0 aliphatic heterocycles. The van der Waals surface area contributed by atoms with E-state index >= 15 is 0 Å². The molecule has 0 bridgehead atoms. The molecular formula is C24H19ClF2N2O3. The number of aromatic nitrogens is 1. The number of amides is 1. The minimum atomic E-state index is -0.974. The summed E-state index contributed by atoms with van der Waals surface area (Å²) in [4.78, 5) is 39.5. The molecule has 0 atom stereocenters. The van der Waals surface area contributed by atoms with Gasteiger partial charge in [0.25, 0.3) is 11.5 Å². The molecule has 32 heavy (non-hydrogen) atoms. The van der Waals surface area contributed by atoms with E-state index in [9.17, 15) is 23.2 Å². The number of Topliss-reactive ketones (excluding diaryl/α,β-unsaturated/α-hetero) is 1. The summed E-state index contributed by atoms with van der Waals surface area (Å²) in [6.45, 7) is 3.75. The maximum absolute atomic E-state index is 14.1. The number of fused-ring (bicyclic) bond motifs is 1. The molecule has 0 saturated carbocycles. The number of hydrogen-bond donors (Lipinski definition) is 1. The van der Waals surface area contributed by atoms with E-state index < -0.39 is 28.5 Å². The van der Waals surface area contributed by atoms with Crippen molar-refractivity contribution >= 4 is 29.0 Å². The lowest BCUT2D eigenvalue weighted by Gasteiger charge is -2.31. The molecule has 0 spiro atoms. The Morgan fingerprint density at radius 1 is 1.06 bits per heavy atom. The van der Waals surface area contributed by atoms with E-state index in [2.05, 4.69) is 5.32 Å². The summed E-state index contributed by atoms with van der Waals surface area (Å²) >= 11 is 5.94. The summed E-state index contributed by atoms with van der Waals surface area (Å²) in [5.41, 5.74) is -0.627. The summed E-state index contributed by atoms with van der Waals surface area (Å²) in [7, 11) is 0. The fourth-order valence-electron chi connectivity index (χ4n) is 3.95. The summed E-state index contributed by atoms with van der Waals surface area (Å²) < 4.78 is 28.6. The van der Waals surface area contributed by atoms with Crippen molar-refractivity contribution in [3.63, 3.8) is 0 Å². The van der Waals surface area contributed by atoms with E-state index in [-0.39, 0.29) is 29.0 Å². The van der Waals surface area contributed by atoms with Gasteiger partial charge in [-0.1, -0.05) is 25.4 Å². The van der Waals surface area contributed by atoms with Gasteiger partial charge in [-0.15, -0.1) is 0 Å². The summed E-state index contributed by atoms with van der Waals surface area (Å²) in [6.07, 6.45) is 2.01. The maximum Gasteiger partial charge on any atom is 0.268 e. The van der Waals surface area contributed by atoms with E-state index in [4.69, 9.17) is 11.6 Å². The van der Waals surface area contributed by atoms with Crippen LogP contribution in [-0.4, -0.2) is 16.3 Å². The number of nitrogens with one attached hydrogen (secondary N) is 1. The largest absolute Gasteiger partial charge is 0.319 e. The quantitative estimate of drug-likeness (QED) is 0.590. The van der Waals surface area contributed by atoms with Crippen molar-refractivity contribution < 1.29 is 18.4 Å². The fraction of sp³-hybridized carbons (Fsp3) is 0.208. The van der Waals surface area contributed by atoms with Gasteiger partial charge in [0.2, 0.25) is 0 Å². The number of anilines is 1. The summed E-state index contributed by atoms with van der Waals surface area (Å²) in [5, 5.41) is 2.81. The fourth-order valence-corrected chi connectivity index (χ4v) is 4.07. The predicted molar refractivity (Wildman–Crippen MR) is 118 cm³/mol. The first-order chi connectivity index (χ1) is 15.1. The van der Waals surface area contributed by atoms with Gasteiger partial charge in [0.05, 0.1) is 5.69 Å². The second kappa shape index (κ2) is 7.98. The maximum atomic E-state index is 14.1. The predicted octanol–water partition coefficient (Wildman–Crippen LogP) is 5.18. The molecule has 8 heteroatoms. The molecule has 1 amide bonds. The number of benzene rings is 2. The third kappa shape index (κ3) is 4.08. The molecule has 164 valence electrons. The zero-order valence-corrected chi connectivity index (χ0v) is 18.1. The first-order valence-corrected chi connectivity index (χ1v) is 10.3. The number of nitrogens with zero attached hydrogens (tertiary/aromatic N) is 1. The van der Waals surface area contributed by atoms with Crippen LogP contribution in [0, 0.1) is 17.0 Å². The SMILES string of the molecule is CC1(C)CC(=O)c2cn(-c3ccc(Cl)cc3)c(=O)c(C(=O)Nc3ccc(F)cc3F)c2C1. The zero-order valence-electron chi connectivity index (χ0n) is 17.3. The van der Waals surface area contributed by atoms with Crippen LogP contribution in [-0.2, 0) is 6.42 Å². The van der Waals surface area contributed by atoms with Gasteiger partial charge >= 0.3 is 0 Å². The van der Waals surface area contributed by atoms with Gasteiger partial charge in [0.15, 0.2) is 5.78 Å². The van der Waals surface area contributed by atoms with E-state index in [1.807, 2.05) is 13.8 Å². The van der Waals surface area contributed by atoms with E-state index in [1.165, 1.54) is 10.8 Å². The van der Waals surface area contributed by atoms with Crippen molar-refractivity contribution in [2.75, 3.05) is 5.32 Å². The van der Waals surface area contributed by atoms with Crippen LogP contribution in [0.5, 0.6) is 0 Å². The number of carbonyl (C=O) groups excluding carboxylic acids is 2. The Morgan fingerprint density at radius 2 is 1.75 bits per heavy atom. The van der Waals surface area contributed by atoms with Gasteiger partial charge in [-0.05, 0) is 53.8 Å². The summed E-state index contributed by atoms with van der Waals surface area (Å²) in [6, 6.07) is 9.06. The van der Waals surface area contributed by atoms with Crippen LogP contribution in [0.1, 0.15) is 46.5 Å². The average Bonchev–Trinajstić information content (AvgIpc) is 2.70. The van der Waals surface area contributed by atoms with Crippen molar-refractivity contribution in [2.24, 2.45) is 5.41 Å². The molecule has 0 fully saturated rings. The van der Waals surface area contributed by atoms with E-state index in [1.54, 1.807) is 24.3 Å². The second-order valence-corrected chi connectivity index (χ2v) is 9.00. The number of ketones is 1. The Kier molecular flexibility index (Phi) is 5.46. The lowest BCUT2D eigenvalue weighted by atomic mass is 9.73. The number of halogens is 3.